The summed E-state index contributed by atoms with van der Waals surface area (Å²) >= 11 is 0. The van der Waals surface area contributed by atoms with E-state index in [1.54, 1.807) is 42.1 Å². The van der Waals surface area contributed by atoms with Gasteiger partial charge in [0.1, 0.15) is 5.41 Å². The molecule has 0 bridgehead atoms. The van der Waals surface area contributed by atoms with E-state index < -0.39 is 11.4 Å². The molecule has 1 atom stereocenters. The molecule has 2 N–H and O–H groups in total. The summed E-state index contributed by atoms with van der Waals surface area (Å²) in [5.41, 5.74) is 1.96. The van der Waals surface area contributed by atoms with Gasteiger partial charge < -0.3 is 10.4 Å². The Bertz CT molecular complexity index is 1040. The number of fused-ring (bicyclic) bond motifs is 1. The SMILES string of the molecule is CCC(CNC(=O)c1cc(C)nc2c1c(C)nn2C)(C(=O)O)c1ccccc1. The third-order valence-electron chi connectivity index (χ3n) is 5.23. The van der Waals surface area contributed by atoms with Crippen LogP contribution in [0.2, 0.25) is 0 Å². The molecule has 0 saturated heterocycles. The van der Waals surface area contributed by atoms with E-state index in [0.29, 0.717) is 40.0 Å². The predicted molar refractivity (Wildman–Crippen MR) is 106 cm³/mol. The summed E-state index contributed by atoms with van der Waals surface area (Å²) < 4.78 is 1.64. The minimum Gasteiger partial charge on any atom is -0.481 e. The van der Waals surface area contributed by atoms with Crippen LogP contribution in [0.1, 0.15) is 40.7 Å². The van der Waals surface area contributed by atoms with Gasteiger partial charge in [0.05, 0.1) is 16.6 Å². The molecular formula is C21H24N4O3. The molecule has 1 amide bonds. The Morgan fingerprint density at radius 1 is 1.21 bits per heavy atom. The topological polar surface area (TPSA) is 97.1 Å². The molecular weight excluding hydrogens is 356 g/mol. The van der Waals surface area contributed by atoms with Crippen LogP contribution in [0, 0.1) is 13.8 Å². The molecule has 0 fully saturated rings. The molecule has 3 aromatic rings. The molecule has 146 valence electrons. The van der Waals surface area contributed by atoms with Crippen molar-refractivity contribution in [1.29, 1.82) is 0 Å². The van der Waals surface area contributed by atoms with E-state index in [4.69, 9.17) is 0 Å². The molecule has 0 spiro atoms. The summed E-state index contributed by atoms with van der Waals surface area (Å²) in [7, 11) is 1.78. The highest BCUT2D eigenvalue weighted by molar-refractivity contribution is 6.06. The normalized spacial score (nSPS) is 13.3. The number of nitrogens with zero attached hydrogens (tertiary/aromatic N) is 3. The third-order valence-corrected chi connectivity index (χ3v) is 5.23. The number of aromatic nitrogens is 3. The number of benzene rings is 1. The second kappa shape index (κ2) is 7.42. The first-order chi connectivity index (χ1) is 13.3. The monoisotopic (exact) mass is 380 g/mol. The van der Waals surface area contributed by atoms with Gasteiger partial charge in [0.2, 0.25) is 0 Å². The standard InChI is InChI=1S/C21H24N4O3/c1-5-21(20(27)28,15-9-7-6-8-10-15)12-22-19(26)16-11-13(2)23-18-17(16)14(3)24-25(18)4/h6-11H,5,12H2,1-4H3,(H,22,26)(H,27,28). The number of carboxylic acid groups (broad SMARTS) is 1. The van der Waals surface area contributed by atoms with Crippen LogP contribution in [0.25, 0.3) is 11.0 Å². The van der Waals surface area contributed by atoms with Crippen molar-refractivity contribution < 1.29 is 14.7 Å². The molecule has 1 aromatic carbocycles. The fraction of sp³-hybridized carbons (Fsp3) is 0.333. The highest BCUT2D eigenvalue weighted by Gasteiger charge is 2.39. The molecule has 1 unspecified atom stereocenters. The van der Waals surface area contributed by atoms with Crippen molar-refractivity contribution in [2.75, 3.05) is 6.54 Å². The highest BCUT2D eigenvalue weighted by atomic mass is 16.4. The Balaban J connectivity index is 1.97. The van der Waals surface area contributed by atoms with E-state index >= 15 is 0 Å². The molecule has 7 nitrogen and oxygen atoms in total. The quantitative estimate of drug-likeness (QED) is 0.685. The van der Waals surface area contributed by atoms with Crippen molar-refractivity contribution >= 4 is 22.9 Å². The minimum atomic E-state index is -1.19. The Morgan fingerprint density at radius 3 is 2.50 bits per heavy atom. The van der Waals surface area contributed by atoms with Gasteiger partial charge in [-0.1, -0.05) is 37.3 Å². The fourth-order valence-corrected chi connectivity index (χ4v) is 3.61. The summed E-state index contributed by atoms with van der Waals surface area (Å²) in [6, 6.07) is 10.7. The summed E-state index contributed by atoms with van der Waals surface area (Å²) in [4.78, 5) is 29.6. The average Bonchev–Trinajstić information content (AvgIpc) is 2.96. The number of hydrogen-bond donors (Lipinski definition) is 2. The van der Waals surface area contributed by atoms with Crippen molar-refractivity contribution in [2.45, 2.75) is 32.6 Å². The lowest BCUT2D eigenvalue weighted by Gasteiger charge is -2.29. The van der Waals surface area contributed by atoms with Crippen molar-refractivity contribution in [3.8, 4) is 0 Å². The van der Waals surface area contributed by atoms with Crippen LogP contribution < -0.4 is 5.32 Å². The maximum absolute atomic E-state index is 13.0. The van der Waals surface area contributed by atoms with Crippen LogP contribution in [0.3, 0.4) is 0 Å². The van der Waals surface area contributed by atoms with Gasteiger partial charge in [-0.25, -0.2) is 4.98 Å². The number of nitrogens with one attached hydrogen (secondary N) is 1. The van der Waals surface area contributed by atoms with Crippen LogP contribution in [-0.2, 0) is 17.3 Å². The third kappa shape index (κ3) is 3.24. The van der Waals surface area contributed by atoms with E-state index in [9.17, 15) is 14.7 Å². The Labute approximate surface area is 163 Å². The van der Waals surface area contributed by atoms with E-state index in [1.165, 1.54) is 0 Å². The number of rotatable bonds is 6. The lowest BCUT2D eigenvalue weighted by molar-refractivity contribution is -0.143. The number of hydrogen-bond acceptors (Lipinski definition) is 4. The lowest BCUT2D eigenvalue weighted by Crippen LogP contribution is -2.46. The maximum atomic E-state index is 13.0. The van der Waals surface area contributed by atoms with Crippen molar-refractivity contribution in [2.24, 2.45) is 7.05 Å². The van der Waals surface area contributed by atoms with Gasteiger partial charge in [0, 0.05) is 19.3 Å². The van der Waals surface area contributed by atoms with Crippen molar-refractivity contribution in [3.05, 3.63) is 58.9 Å². The Morgan fingerprint density at radius 2 is 1.89 bits per heavy atom. The Kier molecular flexibility index (Phi) is 5.18. The second-order valence-electron chi connectivity index (χ2n) is 7.01. The molecule has 0 aliphatic heterocycles. The first-order valence-corrected chi connectivity index (χ1v) is 9.18. The summed E-state index contributed by atoms with van der Waals surface area (Å²) in [5.74, 6) is -1.29. The number of carboxylic acids is 1. The summed E-state index contributed by atoms with van der Waals surface area (Å²) in [5, 5.41) is 17.8. The highest BCUT2D eigenvalue weighted by Crippen LogP contribution is 2.28. The van der Waals surface area contributed by atoms with E-state index in [-0.39, 0.29) is 12.5 Å². The Hall–Kier alpha value is -3.22. The number of amides is 1. The van der Waals surface area contributed by atoms with Gasteiger partial charge >= 0.3 is 5.97 Å². The minimum absolute atomic E-state index is 0.0101. The van der Waals surface area contributed by atoms with Crippen LogP contribution in [0.5, 0.6) is 0 Å². The van der Waals surface area contributed by atoms with Gasteiger partial charge in [0.25, 0.3) is 5.91 Å². The number of carbonyl (C=O) groups is 2. The molecule has 0 aliphatic carbocycles. The van der Waals surface area contributed by atoms with Gasteiger partial charge in [-0.05, 0) is 31.9 Å². The molecule has 0 radical (unpaired) electrons. The zero-order valence-corrected chi connectivity index (χ0v) is 16.5. The molecule has 2 aromatic heterocycles. The smallest absolute Gasteiger partial charge is 0.315 e. The van der Waals surface area contributed by atoms with Gasteiger partial charge in [-0.15, -0.1) is 0 Å². The summed E-state index contributed by atoms with van der Waals surface area (Å²) in [6.45, 7) is 5.45. The summed E-state index contributed by atoms with van der Waals surface area (Å²) in [6.07, 6.45) is 0.351. The van der Waals surface area contributed by atoms with Crippen LogP contribution in [-0.4, -0.2) is 38.3 Å². The van der Waals surface area contributed by atoms with E-state index in [1.807, 2.05) is 26.8 Å². The zero-order valence-electron chi connectivity index (χ0n) is 16.5. The van der Waals surface area contributed by atoms with Gasteiger partial charge in [-0.2, -0.15) is 5.10 Å². The molecule has 28 heavy (non-hydrogen) atoms. The molecule has 0 saturated carbocycles. The predicted octanol–water partition coefficient (Wildman–Crippen LogP) is 2.75. The van der Waals surface area contributed by atoms with Crippen molar-refractivity contribution in [1.82, 2.24) is 20.1 Å². The van der Waals surface area contributed by atoms with Gasteiger partial charge in [0.15, 0.2) is 5.65 Å². The number of carbonyl (C=O) groups excluding carboxylic acids is 1. The molecule has 3 rings (SSSR count). The van der Waals surface area contributed by atoms with Gasteiger partial charge in [-0.3, -0.25) is 14.3 Å². The number of aliphatic carboxylic acids is 1. The number of aryl methyl sites for hydroxylation is 3. The first kappa shape index (κ1) is 19.5. The van der Waals surface area contributed by atoms with Crippen LogP contribution in [0.4, 0.5) is 0 Å². The average molecular weight is 380 g/mol. The second-order valence-corrected chi connectivity index (χ2v) is 7.01. The molecule has 7 heteroatoms. The fourth-order valence-electron chi connectivity index (χ4n) is 3.61. The lowest BCUT2D eigenvalue weighted by atomic mass is 9.78. The first-order valence-electron chi connectivity index (χ1n) is 9.18. The van der Waals surface area contributed by atoms with E-state index in [2.05, 4.69) is 15.4 Å². The zero-order chi connectivity index (χ0) is 20.5. The molecule has 2 heterocycles. The number of pyridine rings is 1. The maximum Gasteiger partial charge on any atom is 0.315 e. The van der Waals surface area contributed by atoms with Crippen LogP contribution >= 0.6 is 0 Å². The largest absolute Gasteiger partial charge is 0.481 e. The van der Waals surface area contributed by atoms with Crippen LogP contribution in [0.15, 0.2) is 36.4 Å². The molecule has 0 aliphatic rings. The van der Waals surface area contributed by atoms with E-state index in [0.717, 1.165) is 0 Å². The van der Waals surface area contributed by atoms with Crippen molar-refractivity contribution in [3.63, 3.8) is 0 Å².